The molecule has 136 valence electrons. The van der Waals surface area contributed by atoms with Crippen LogP contribution in [0.1, 0.15) is 25.0 Å². The van der Waals surface area contributed by atoms with Gasteiger partial charge in [-0.05, 0) is 82.2 Å². The molecule has 26 heavy (non-hydrogen) atoms. The van der Waals surface area contributed by atoms with Gasteiger partial charge < -0.3 is 14.6 Å². The first-order chi connectivity index (χ1) is 12.6. The van der Waals surface area contributed by atoms with Crippen molar-refractivity contribution in [2.45, 2.75) is 19.4 Å². The number of rotatable bonds is 7. The summed E-state index contributed by atoms with van der Waals surface area (Å²) in [6.07, 6.45) is -0.153. The van der Waals surface area contributed by atoms with Crippen molar-refractivity contribution < 1.29 is 14.6 Å². The molecular formula is C21H20ClIO3. The summed E-state index contributed by atoms with van der Waals surface area (Å²) in [4.78, 5) is 0. The Balaban J connectivity index is 1.59. The number of hydrogen-bond donors (Lipinski definition) is 1. The first-order valence-corrected chi connectivity index (χ1v) is 9.95. The van der Waals surface area contributed by atoms with Crippen LogP contribution in [0.15, 0.2) is 54.6 Å². The van der Waals surface area contributed by atoms with E-state index in [1.165, 1.54) is 8.96 Å². The second kappa shape index (κ2) is 8.93. The molecule has 0 aromatic heterocycles. The minimum Gasteiger partial charge on any atom is -0.493 e. The van der Waals surface area contributed by atoms with Gasteiger partial charge in [-0.3, -0.25) is 0 Å². The maximum atomic E-state index is 10.4. The van der Waals surface area contributed by atoms with Crippen LogP contribution in [0.25, 0.3) is 10.8 Å². The van der Waals surface area contributed by atoms with Crippen molar-refractivity contribution in [2.75, 3.05) is 13.2 Å². The van der Waals surface area contributed by atoms with Gasteiger partial charge in [-0.1, -0.05) is 29.8 Å². The van der Waals surface area contributed by atoms with E-state index in [9.17, 15) is 5.11 Å². The van der Waals surface area contributed by atoms with E-state index in [4.69, 9.17) is 21.1 Å². The number of halogens is 2. The third kappa shape index (κ3) is 4.81. The Morgan fingerprint density at radius 3 is 2.54 bits per heavy atom. The van der Waals surface area contributed by atoms with Crippen molar-refractivity contribution in [3.8, 4) is 11.5 Å². The highest BCUT2D eigenvalue weighted by atomic mass is 127. The first kappa shape index (κ1) is 19.3. The normalized spacial score (nSPS) is 12.2. The highest BCUT2D eigenvalue weighted by Gasteiger charge is 2.11. The Morgan fingerprint density at radius 1 is 1.00 bits per heavy atom. The average molecular weight is 483 g/mol. The quantitative estimate of drug-likeness (QED) is 0.420. The molecule has 3 aromatic rings. The Morgan fingerprint density at radius 2 is 1.77 bits per heavy atom. The van der Waals surface area contributed by atoms with Gasteiger partial charge in [-0.2, -0.15) is 0 Å². The van der Waals surface area contributed by atoms with Gasteiger partial charge in [-0.25, -0.2) is 0 Å². The molecule has 3 aromatic carbocycles. The second-order valence-corrected chi connectivity index (χ2v) is 7.58. The summed E-state index contributed by atoms with van der Waals surface area (Å²) in [6.45, 7) is 2.88. The van der Waals surface area contributed by atoms with Crippen LogP contribution in [-0.2, 0) is 0 Å². The average Bonchev–Trinajstić information content (AvgIpc) is 2.63. The maximum absolute atomic E-state index is 10.4. The molecule has 0 fully saturated rings. The van der Waals surface area contributed by atoms with Crippen LogP contribution in [0, 0.1) is 3.57 Å². The summed E-state index contributed by atoms with van der Waals surface area (Å²) in [5, 5.41) is 13.2. The number of aliphatic hydroxyl groups is 1. The molecule has 3 nitrogen and oxygen atoms in total. The molecule has 0 spiro atoms. The van der Waals surface area contributed by atoms with E-state index in [-0.39, 0.29) is 0 Å². The summed E-state index contributed by atoms with van der Waals surface area (Å²) >= 11 is 8.49. The Bertz CT molecular complexity index is 898. The van der Waals surface area contributed by atoms with E-state index in [0.29, 0.717) is 30.4 Å². The van der Waals surface area contributed by atoms with Gasteiger partial charge >= 0.3 is 0 Å². The van der Waals surface area contributed by atoms with E-state index < -0.39 is 6.10 Å². The SMILES string of the molecule is CCOc1ccc(C(O)CCOc2ccc3cc(I)ccc3c2)cc1Cl. The zero-order valence-electron chi connectivity index (χ0n) is 14.4. The Kier molecular flexibility index (Phi) is 6.62. The molecule has 0 heterocycles. The van der Waals surface area contributed by atoms with E-state index in [1.54, 1.807) is 12.1 Å². The summed E-state index contributed by atoms with van der Waals surface area (Å²) in [7, 11) is 0. The molecule has 1 atom stereocenters. The number of hydrogen-bond acceptors (Lipinski definition) is 3. The third-order valence-electron chi connectivity index (χ3n) is 4.07. The number of benzene rings is 3. The fraction of sp³-hybridized carbons (Fsp3) is 0.238. The zero-order valence-corrected chi connectivity index (χ0v) is 17.3. The molecule has 5 heteroatoms. The highest BCUT2D eigenvalue weighted by molar-refractivity contribution is 14.1. The second-order valence-electron chi connectivity index (χ2n) is 5.93. The summed E-state index contributed by atoms with van der Waals surface area (Å²) in [5.74, 6) is 1.43. The number of ether oxygens (including phenoxy) is 2. The lowest BCUT2D eigenvalue weighted by Gasteiger charge is -2.14. The summed E-state index contributed by atoms with van der Waals surface area (Å²) in [6, 6.07) is 17.7. The predicted molar refractivity (Wildman–Crippen MR) is 114 cm³/mol. The molecule has 3 rings (SSSR count). The van der Waals surface area contributed by atoms with Crippen LogP contribution in [0.2, 0.25) is 5.02 Å². The molecule has 0 aliphatic rings. The Hall–Kier alpha value is -1.50. The van der Waals surface area contributed by atoms with E-state index in [0.717, 1.165) is 16.7 Å². The van der Waals surface area contributed by atoms with Crippen molar-refractivity contribution in [2.24, 2.45) is 0 Å². The molecule has 0 amide bonds. The first-order valence-electron chi connectivity index (χ1n) is 8.49. The van der Waals surface area contributed by atoms with Crippen molar-refractivity contribution in [1.29, 1.82) is 0 Å². The molecule has 0 saturated carbocycles. The van der Waals surface area contributed by atoms with Gasteiger partial charge in [0.2, 0.25) is 0 Å². The fourth-order valence-electron chi connectivity index (χ4n) is 2.74. The van der Waals surface area contributed by atoms with Crippen LogP contribution in [0.4, 0.5) is 0 Å². The van der Waals surface area contributed by atoms with E-state index in [2.05, 4.69) is 46.9 Å². The van der Waals surface area contributed by atoms with Crippen LogP contribution in [0.3, 0.4) is 0 Å². The molecule has 0 bridgehead atoms. The zero-order chi connectivity index (χ0) is 18.5. The standard InChI is InChI=1S/C21H20ClIO3/c1-2-25-21-8-5-16(13-19(21)22)20(24)9-10-26-18-7-4-14-11-17(23)6-3-15(14)12-18/h3-8,11-13,20,24H,2,9-10H2,1H3. The van der Waals surface area contributed by atoms with Crippen LogP contribution in [0.5, 0.6) is 11.5 Å². The summed E-state index contributed by atoms with van der Waals surface area (Å²) in [5.41, 5.74) is 0.759. The lowest BCUT2D eigenvalue weighted by Crippen LogP contribution is -2.05. The monoisotopic (exact) mass is 482 g/mol. The van der Waals surface area contributed by atoms with Crippen LogP contribution in [-0.4, -0.2) is 18.3 Å². The van der Waals surface area contributed by atoms with Crippen molar-refractivity contribution in [3.63, 3.8) is 0 Å². The van der Waals surface area contributed by atoms with E-state index in [1.807, 2.05) is 25.1 Å². The predicted octanol–water partition coefficient (Wildman–Crippen LogP) is 6.00. The molecule has 1 unspecified atom stereocenters. The maximum Gasteiger partial charge on any atom is 0.137 e. The smallest absolute Gasteiger partial charge is 0.137 e. The minimum atomic E-state index is -0.634. The molecule has 0 aliphatic carbocycles. The van der Waals surface area contributed by atoms with Crippen molar-refractivity contribution >= 4 is 45.0 Å². The van der Waals surface area contributed by atoms with Gasteiger partial charge in [-0.15, -0.1) is 0 Å². The van der Waals surface area contributed by atoms with Gasteiger partial charge in [0.05, 0.1) is 24.3 Å². The van der Waals surface area contributed by atoms with Crippen molar-refractivity contribution in [3.05, 3.63) is 68.8 Å². The van der Waals surface area contributed by atoms with Gasteiger partial charge in [0.25, 0.3) is 0 Å². The minimum absolute atomic E-state index is 0.419. The fourth-order valence-corrected chi connectivity index (χ4v) is 3.50. The van der Waals surface area contributed by atoms with Gasteiger partial charge in [0.15, 0.2) is 0 Å². The molecule has 1 N–H and O–H groups in total. The number of fused-ring (bicyclic) bond motifs is 1. The van der Waals surface area contributed by atoms with Crippen LogP contribution < -0.4 is 9.47 Å². The van der Waals surface area contributed by atoms with E-state index >= 15 is 0 Å². The summed E-state index contributed by atoms with van der Waals surface area (Å²) < 4.78 is 12.4. The number of aliphatic hydroxyl groups excluding tert-OH is 1. The molecule has 0 radical (unpaired) electrons. The molecule has 0 saturated heterocycles. The third-order valence-corrected chi connectivity index (χ3v) is 5.04. The van der Waals surface area contributed by atoms with Crippen LogP contribution >= 0.6 is 34.2 Å². The molecular weight excluding hydrogens is 463 g/mol. The van der Waals surface area contributed by atoms with Gasteiger partial charge in [0.1, 0.15) is 11.5 Å². The lowest BCUT2D eigenvalue weighted by molar-refractivity contribution is 0.141. The topological polar surface area (TPSA) is 38.7 Å². The Labute approximate surface area is 172 Å². The lowest BCUT2D eigenvalue weighted by atomic mass is 10.1. The highest BCUT2D eigenvalue weighted by Crippen LogP contribution is 2.29. The van der Waals surface area contributed by atoms with Crippen molar-refractivity contribution in [1.82, 2.24) is 0 Å². The largest absolute Gasteiger partial charge is 0.493 e. The molecule has 0 aliphatic heterocycles. The van der Waals surface area contributed by atoms with Gasteiger partial charge in [0, 0.05) is 9.99 Å².